The third-order valence-electron chi connectivity index (χ3n) is 4.62. The lowest BCUT2D eigenvalue weighted by Gasteiger charge is -2.19. The predicted molar refractivity (Wildman–Crippen MR) is 105 cm³/mol. The summed E-state index contributed by atoms with van der Waals surface area (Å²) in [5.41, 5.74) is 5.82. The van der Waals surface area contributed by atoms with Crippen LogP contribution >= 0.6 is 0 Å². The Morgan fingerprint density at radius 2 is 1.48 bits per heavy atom. The fourth-order valence-electron chi connectivity index (χ4n) is 3.15. The SMILES string of the molecule is CC(C)(C)c1ccc(-c2cc(-n3cccc3)c3ccccc3n2)cc1. The molecule has 2 heteroatoms. The van der Waals surface area contributed by atoms with Crippen LogP contribution < -0.4 is 0 Å². The van der Waals surface area contributed by atoms with E-state index in [9.17, 15) is 0 Å². The Bertz CT molecular complexity index is 1000. The van der Waals surface area contributed by atoms with Crippen molar-refractivity contribution in [1.29, 1.82) is 0 Å². The van der Waals surface area contributed by atoms with Crippen molar-refractivity contribution in [2.24, 2.45) is 0 Å². The minimum absolute atomic E-state index is 0.158. The van der Waals surface area contributed by atoms with Crippen LogP contribution in [-0.2, 0) is 5.41 Å². The highest BCUT2D eigenvalue weighted by Gasteiger charge is 2.14. The Morgan fingerprint density at radius 3 is 2.16 bits per heavy atom. The zero-order chi connectivity index (χ0) is 17.4. The second kappa shape index (κ2) is 5.89. The molecule has 0 N–H and O–H groups in total. The van der Waals surface area contributed by atoms with Gasteiger partial charge in [0.15, 0.2) is 0 Å². The van der Waals surface area contributed by atoms with E-state index in [-0.39, 0.29) is 5.41 Å². The first kappa shape index (κ1) is 15.6. The highest BCUT2D eigenvalue weighted by atomic mass is 14.9. The molecule has 124 valence electrons. The molecule has 0 saturated carbocycles. The molecule has 2 heterocycles. The zero-order valence-corrected chi connectivity index (χ0v) is 14.9. The molecule has 2 aromatic heterocycles. The van der Waals surface area contributed by atoms with Gasteiger partial charge in [-0.1, -0.05) is 63.2 Å². The number of fused-ring (bicyclic) bond motifs is 1. The average molecular weight is 326 g/mol. The highest BCUT2D eigenvalue weighted by molar-refractivity contribution is 5.90. The lowest BCUT2D eigenvalue weighted by Crippen LogP contribution is -2.10. The summed E-state index contributed by atoms with van der Waals surface area (Å²) in [6, 6.07) is 23.4. The quantitative estimate of drug-likeness (QED) is 0.442. The van der Waals surface area contributed by atoms with Crippen LogP contribution in [0.15, 0.2) is 79.1 Å². The smallest absolute Gasteiger partial charge is 0.0730 e. The molecule has 0 spiro atoms. The van der Waals surface area contributed by atoms with Gasteiger partial charge in [-0.2, -0.15) is 0 Å². The average Bonchev–Trinajstić information content (AvgIpc) is 3.14. The number of para-hydroxylation sites is 1. The number of hydrogen-bond acceptors (Lipinski definition) is 1. The molecular formula is C23H22N2. The molecule has 0 aliphatic carbocycles. The van der Waals surface area contributed by atoms with Gasteiger partial charge in [-0.15, -0.1) is 0 Å². The van der Waals surface area contributed by atoms with Crippen molar-refractivity contribution < 1.29 is 0 Å². The summed E-state index contributed by atoms with van der Waals surface area (Å²) < 4.78 is 2.15. The maximum absolute atomic E-state index is 4.89. The lowest BCUT2D eigenvalue weighted by molar-refractivity contribution is 0.590. The normalized spacial score (nSPS) is 11.8. The van der Waals surface area contributed by atoms with Crippen LogP contribution in [0.5, 0.6) is 0 Å². The fraction of sp³-hybridized carbons (Fsp3) is 0.174. The number of nitrogens with zero attached hydrogens (tertiary/aromatic N) is 2. The van der Waals surface area contributed by atoms with Crippen LogP contribution in [0.25, 0.3) is 27.8 Å². The molecule has 0 amide bonds. The van der Waals surface area contributed by atoms with Gasteiger partial charge in [0.1, 0.15) is 0 Å². The van der Waals surface area contributed by atoms with Gasteiger partial charge in [-0.05, 0) is 35.2 Å². The molecule has 0 atom stereocenters. The van der Waals surface area contributed by atoms with E-state index in [1.807, 2.05) is 18.2 Å². The number of pyridine rings is 1. The maximum Gasteiger partial charge on any atom is 0.0730 e. The molecule has 0 aliphatic heterocycles. The van der Waals surface area contributed by atoms with E-state index in [2.05, 4.69) is 86.3 Å². The third kappa shape index (κ3) is 2.96. The molecule has 25 heavy (non-hydrogen) atoms. The summed E-state index contributed by atoms with van der Waals surface area (Å²) in [4.78, 5) is 4.89. The standard InChI is InChI=1S/C23H22N2/c1-23(2,3)18-12-10-17(11-13-18)21-16-22(25-14-6-7-15-25)19-8-4-5-9-20(19)24-21/h4-16H,1-3H3. The van der Waals surface area contributed by atoms with Crippen molar-refractivity contribution in [2.45, 2.75) is 26.2 Å². The van der Waals surface area contributed by atoms with Crippen LogP contribution in [0.1, 0.15) is 26.3 Å². The number of hydrogen-bond donors (Lipinski definition) is 0. The van der Waals surface area contributed by atoms with Gasteiger partial charge in [-0.3, -0.25) is 0 Å². The van der Waals surface area contributed by atoms with Crippen molar-refractivity contribution >= 4 is 10.9 Å². The first-order valence-electron chi connectivity index (χ1n) is 8.66. The summed E-state index contributed by atoms with van der Waals surface area (Å²) >= 11 is 0. The number of benzene rings is 2. The van der Waals surface area contributed by atoms with Crippen molar-refractivity contribution in [3.8, 4) is 16.9 Å². The highest BCUT2D eigenvalue weighted by Crippen LogP contribution is 2.29. The van der Waals surface area contributed by atoms with E-state index in [1.165, 1.54) is 5.56 Å². The Labute approximate surface area is 148 Å². The lowest BCUT2D eigenvalue weighted by atomic mass is 9.86. The molecule has 0 radical (unpaired) electrons. The topological polar surface area (TPSA) is 17.8 Å². The van der Waals surface area contributed by atoms with Gasteiger partial charge in [0.2, 0.25) is 0 Å². The largest absolute Gasteiger partial charge is 0.323 e. The van der Waals surface area contributed by atoms with Gasteiger partial charge >= 0.3 is 0 Å². The van der Waals surface area contributed by atoms with E-state index < -0.39 is 0 Å². The van der Waals surface area contributed by atoms with E-state index in [0.29, 0.717) is 0 Å². The molecule has 0 bridgehead atoms. The van der Waals surface area contributed by atoms with Crippen molar-refractivity contribution in [3.05, 3.63) is 84.7 Å². The van der Waals surface area contributed by atoms with E-state index in [4.69, 9.17) is 4.98 Å². The summed E-state index contributed by atoms with van der Waals surface area (Å²) in [6.07, 6.45) is 4.16. The first-order valence-corrected chi connectivity index (χ1v) is 8.66. The Hall–Kier alpha value is -2.87. The number of rotatable bonds is 2. The minimum Gasteiger partial charge on any atom is -0.323 e. The van der Waals surface area contributed by atoms with Crippen LogP contribution in [0.2, 0.25) is 0 Å². The molecule has 2 nitrogen and oxygen atoms in total. The Morgan fingerprint density at radius 1 is 0.800 bits per heavy atom. The van der Waals surface area contributed by atoms with E-state index in [0.717, 1.165) is 27.8 Å². The van der Waals surface area contributed by atoms with Crippen molar-refractivity contribution in [3.63, 3.8) is 0 Å². The summed E-state index contributed by atoms with van der Waals surface area (Å²) in [6.45, 7) is 6.71. The predicted octanol–water partition coefficient (Wildman–Crippen LogP) is 5.99. The Kier molecular flexibility index (Phi) is 3.69. The monoisotopic (exact) mass is 326 g/mol. The van der Waals surface area contributed by atoms with Crippen molar-refractivity contribution in [1.82, 2.24) is 9.55 Å². The van der Waals surface area contributed by atoms with Crippen LogP contribution in [-0.4, -0.2) is 9.55 Å². The maximum atomic E-state index is 4.89. The molecule has 0 fully saturated rings. The second-order valence-corrected chi connectivity index (χ2v) is 7.46. The molecule has 0 saturated heterocycles. The molecule has 0 unspecified atom stereocenters. The van der Waals surface area contributed by atoms with Gasteiger partial charge in [0.25, 0.3) is 0 Å². The van der Waals surface area contributed by atoms with Gasteiger partial charge < -0.3 is 4.57 Å². The third-order valence-corrected chi connectivity index (χ3v) is 4.62. The molecule has 0 aliphatic rings. The zero-order valence-electron chi connectivity index (χ0n) is 14.9. The van der Waals surface area contributed by atoms with Crippen LogP contribution in [0, 0.1) is 0 Å². The van der Waals surface area contributed by atoms with Gasteiger partial charge in [0, 0.05) is 23.3 Å². The molecular weight excluding hydrogens is 304 g/mol. The summed E-state index contributed by atoms with van der Waals surface area (Å²) in [5.74, 6) is 0. The summed E-state index contributed by atoms with van der Waals surface area (Å²) in [5, 5.41) is 1.16. The fourth-order valence-corrected chi connectivity index (χ4v) is 3.15. The first-order chi connectivity index (χ1) is 12.0. The van der Waals surface area contributed by atoms with Gasteiger partial charge in [-0.25, -0.2) is 4.98 Å². The van der Waals surface area contributed by atoms with Crippen LogP contribution in [0.3, 0.4) is 0 Å². The van der Waals surface area contributed by atoms with E-state index >= 15 is 0 Å². The van der Waals surface area contributed by atoms with E-state index in [1.54, 1.807) is 0 Å². The van der Waals surface area contributed by atoms with Crippen molar-refractivity contribution in [2.75, 3.05) is 0 Å². The second-order valence-electron chi connectivity index (χ2n) is 7.46. The van der Waals surface area contributed by atoms with Crippen LogP contribution in [0.4, 0.5) is 0 Å². The number of aromatic nitrogens is 2. The minimum atomic E-state index is 0.158. The van der Waals surface area contributed by atoms with Gasteiger partial charge in [0.05, 0.1) is 16.9 Å². The Balaban J connectivity index is 1.88. The molecule has 2 aromatic carbocycles. The molecule has 4 aromatic rings. The molecule has 4 rings (SSSR count). The summed E-state index contributed by atoms with van der Waals surface area (Å²) in [7, 11) is 0.